The largest absolute Gasteiger partial charge is 0.351 e. The second-order valence-corrected chi connectivity index (χ2v) is 2.00. The van der Waals surface area contributed by atoms with E-state index in [1.165, 1.54) is 0 Å². The highest BCUT2D eigenvalue weighted by molar-refractivity contribution is 5.50. The van der Waals surface area contributed by atoms with Crippen LogP contribution in [0.3, 0.4) is 0 Å². The maximum Gasteiger partial charge on any atom is 0.121 e. The van der Waals surface area contributed by atoms with Gasteiger partial charge in [0, 0.05) is 12.6 Å². The first kappa shape index (κ1) is 6.95. The molecule has 0 saturated heterocycles. The topological polar surface area (TPSA) is 71.8 Å². The van der Waals surface area contributed by atoms with Gasteiger partial charge in [-0.3, -0.25) is 0 Å². The van der Waals surface area contributed by atoms with Crippen molar-refractivity contribution in [3.63, 3.8) is 0 Å². The highest BCUT2D eigenvalue weighted by atomic mass is 16.1. The number of rotatable bonds is 3. The molecule has 0 bridgehead atoms. The van der Waals surface area contributed by atoms with E-state index in [0.717, 1.165) is 12.0 Å². The highest BCUT2D eigenvalue weighted by Gasteiger charge is 2.05. The Morgan fingerprint density at radius 3 is 3.20 bits per heavy atom. The van der Waals surface area contributed by atoms with Crippen LogP contribution in [0.2, 0.25) is 0 Å². The smallest absolute Gasteiger partial charge is 0.121 e. The second kappa shape index (κ2) is 3.12. The summed E-state index contributed by atoms with van der Waals surface area (Å²) < 4.78 is 0. The number of nitrogens with one attached hydrogen (secondary N) is 1. The molecule has 0 aliphatic carbocycles. The van der Waals surface area contributed by atoms with Crippen LogP contribution in [0.15, 0.2) is 12.5 Å². The van der Waals surface area contributed by atoms with Gasteiger partial charge in [0.25, 0.3) is 0 Å². The van der Waals surface area contributed by atoms with Crippen molar-refractivity contribution in [2.45, 2.75) is 12.5 Å². The van der Waals surface area contributed by atoms with Crippen molar-refractivity contribution in [3.05, 3.63) is 18.2 Å². The lowest BCUT2D eigenvalue weighted by molar-refractivity contribution is -0.108. The number of aldehydes is 1. The van der Waals surface area contributed by atoms with Gasteiger partial charge in [-0.1, -0.05) is 0 Å². The number of hydrogen-bond acceptors (Lipinski definition) is 3. The molecule has 0 radical (unpaired) electrons. The Morgan fingerprint density at radius 1 is 1.90 bits per heavy atom. The molecule has 0 aliphatic heterocycles. The maximum atomic E-state index is 9.99. The van der Waals surface area contributed by atoms with Crippen molar-refractivity contribution < 1.29 is 4.79 Å². The van der Waals surface area contributed by atoms with E-state index in [9.17, 15) is 4.79 Å². The van der Waals surface area contributed by atoms with Crippen LogP contribution < -0.4 is 5.73 Å². The Labute approximate surface area is 58.5 Å². The van der Waals surface area contributed by atoms with E-state index in [2.05, 4.69) is 9.97 Å². The highest BCUT2D eigenvalue weighted by Crippen LogP contribution is 2.06. The first-order chi connectivity index (χ1) is 4.84. The van der Waals surface area contributed by atoms with Crippen LogP contribution in [0, 0.1) is 0 Å². The van der Waals surface area contributed by atoms with Crippen LogP contribution in [0.5, 0.6) is 0 Å². The fraction of sp³-hybridized carbons (Fsp3) is 0.333. The summed E-state index contributed by atoms with van der Waals surface area (Å²) in [5, 5.41) is 0. The molecular formula is C6H9N3O. The second-order valence-electron chi connectivity index (χ2n) is 2.00. The molecule has 54 valence electrons. The van der Waals surface area contributed by atoms with Crippen LogP contribution in [0.4, 0.5) is 0 Å². The average Bonchev–Trinajstić information content (AvgIpc) is 2.38. The number of nitrogens with zero attached hydrogens (tertiary/aromatic N) is 1. The molecule has 0 spiro atoms. The summed E-state index contributed by atoms with van der Waals surface area (Å²) in [5.41, 5.74) is 6.26. The monoisotopic (exact) mass is 139 g/mol. The number of carbonyl (C=O) groups is 1. The van der Waals surface area contributed by atoms with Crippen LogP contribution in [-0.2, 0) is 4.79 Å². The molecule has 0 aromatic carbocycles. The molecule has 1 rings (SSSR count). The molecule has 1 aromatic rings. The Bertz CT molecular complexity index is 195. The quantitative estimate of drug-likeness (QED) is 0.579. The predicted octanol–water partition coefficient (Wildman–Crippen LogP) is -0.00150. The van der Waals surface area contributed by atoms with Crippen LogP contribution in [0.1, 0.15) is 18.2 Å². The van der Waals surface area contributed by atoms with Crippen molar-refractivity contribution in [2.75, 3.05) is 0 Å². The first-order valence-electron chi connectivity index (χ1n) is 3.02. The van der Waals surface area contributed by atoms with Gasteiger partial charge in [0.1, 0.15) is 6.29 Å². The number of aromatic amines is 1. The minimum atomic E-state index is -0.260. The van der Waals surface area contributed by atoms with Crippen LogP contribution >= 0.6 is 0 Å². The van der Waals surface area contributed by atoms with Gasteiger partial charge in [-0.05, 0) is 0 Å². The number of imidazole rings is 1. The molecule has 0 fully saturated rings. The lowest BCUT2D eigenvalue weighted by Gasteiger charge is -2.00. The van der Waals surface area contributed by atoms with Gasteiger partial charge < -0.3 is 15.5 Å². The van der Waals surface area contributed by atoms with Gasteiger partial charge >= 0.3 is 0 Å². The lowest BCUT2D eigenvalue weighted by atomic mass is 10.2. The van der Waals surface area contributed by atoms with Crippen molar-refractivity contribution in [1.82, 2.24) is 9.97 Å². The lowest BCUT2D eigenvalue weighted by Crippen LogP contribution is -2.10. The Kier molecular flexibility index (Phi) is 2.17. The zero-order valence-corrected chi connectivity index (χ0v) is 5.45. The Balaban J connectivity index is 2.58. The zero-order valence-electron chi connectivity index (χ0n) is 5.45. The summed E-state index contributed by atoms with van der Waals surface area (Å²) in [6.45, 7) is 0. The number of H-pyrrole nitrogens is 1. The Hall–Kier alpha value is -1.16. The molecule has 0 aliphatic rings. The van der Waals surface area contributed by atoms with E-state index >= 15 is 0 Å². The number of carbonyl (C=O) groups excluding carboxylic acids is 1. The summed E-state index contributed by atoms with van der Waals surface area (Å²) in [4.78, 5) is 16.6. The van der Waals surface area contributed by atoms with E-state index in [-0.39, 0.29) is 6.04 Å². The van der Waals surface area contributed by atoms with Crippen molar-refractivity contribution >= 4 is 6.29 Å². The van der Waals surface area contributed by atoms with Gasteiger partial charge in [0.2, 0.25) is 0 Å². The van der Waals surface area contributed by atoms with Gasteiger partial charge in [0.15, 0.2) is 0 Å². The summed E-state index contributed by atoms with van der Waals surface area (Å²) >= 11 is 0. The average molecular weight is 139 g/mol. The molecule has 4 heteroatoms. The molecule has 0 saturated carbocycles. The van der Waals surface area contributed by atoms with E-state index in [1.807, 2.05) is 0 Å². The van der Waals surface area contributed by atoms with Crippen molar-refractivity contribution in [2.24, 2.45) is 5.73 Å². The SMILES string of the molecule is NC(CC=O)c1c[nH]cn1. The molecule has 10 heavy (non-hydrogen) atoms. The maximum absolute atomic E-state index is 9.99. The third-order valence-electron chi connectivity index (χ3n) is 1.25. The van der Waals surface area contributed by atoms with E-state index in [0.29, 0.717) is 6.42 Å². The molecule has 1 atom stereocenters. The van der Waals surface area contributed by atoms with Gasteiger partial charge in [-0.2, -0.15) is 0 Å². The molecule has 0 amide bonds. The standard InChI is InChI=1S/C6H9N3O/c7-5(1-2-10)6-3-8-4-9-6/h2-5H,1,7H2,(H,8,9). The predicted molar refractivity (Wildman–Crippen MR) is 36.2 cm³/mol. The zero-order chi connectivity index (χ0) is 7.40. The van der Waals surface area contributed by atoms with Crippen molar-refractivity contribution in [3.8, 4) is 0 Å². The molecule has 1 heterocycles. The summed E-state index contributed by atoms with van der Waals surface area (Å²) in [6, 6.07) is -0.260. The summed E-state index contributed by atoms with van der Waals surface area (Å²) in [6.07, 6.45) is 4.35. The summed E-state index contributed by atoms with van der Waals surface area (Å²) in [5.74, 6) is 0. The third-order valence-corrected chi connectivity index (χ3v) is 1.25. The fourth-order valence-electron chi connectivity index (χ4n) is 0.699. The molecule has 4 nitrogen and oxygen atoms in total. The van der Waals surface area contributed by atoms with E-state index in [1.54, 1.807) is 12.5 Å². The van der Waals surface area contributed by atoms with Gasteiger partial charge in [0.05, 0.1) is 18.1 Å². The number of aromatic nitrogens is 2. The van der Waals surface area contributed by atoms with Crippen LogP contribution in [0.25, 0.3) is 0 Å². The fourth-order valence-corrected chi connectivity index (χ4v) is 0.699. The molecule has 3 N–H and O–H groups in total. The van der Waals surface area contributed by atoms with Crippen molar-refractivity contribution in [1.29, 1.82) is 0 Å². The molecule has 1 unspecified atom stereocenters. The third kappa shape index (κ3) is 1.41. The first-order valence-corrected chi connectivity index (χ1v) is 3.02. The van der Waals surface area contributed by atoms with Gasteiger partial charge in [-0.15, -0.1) is 0 Å². The number of hydrogen-bond donors (Lipinski definition) is 2. The Morgan fingerprint density at radius 2 is 2.70 bits per heavy atom. The number of nitrogens with two attached hydrogens (primary N) is 1. The molecular weight excluding hydrogens is 130 g/mol. The van der Waals surface area contributed by atoms with Crippen LogP contribution in [-0.4, -0.2) is 16.3 Å². The van der Waals surface area contributed by atoms with Gasteiger partial charge in [-0.25, -0.2) is 4.98 Å². The molecule has 1 aromatic heterocycles. The van der Waals surface area contributed by atoms with E-state index < -0.39 is 0 Å². The summed E-state index contributed by atoms with van der Waals surface area (Å²) in [7, 11) is 0. The minimum Gasteiger partial charge on any atom is -0.351 e. The van der Waals surface area contributed by atoms with E-state index in [4.69, 9.17) is 5.73 Å². The normalized spacial score (nSPS) is 12.9. The minimum absolute atomic E-state index is 0.260.